The van der Waals surface area contributed by atoms with E-state index in [4.69, 9.17) is 0 Å². The number of carbonyl (C=O) groups excluding carboxylic acids is 1. The van der Waals surface area contributed by atoms with Crippen LogP contribution < -0.4 is 5.32 Å². The summed E-state index contributed by atoms with van der Waals surface area (Å²) in [5.41, 5.74) is 0.156. The summed E-state index contributed by atoms with van der Waals surface area (Å²) < 4.78 is 21.5. The molecule has 1 saturated carbocycles. The largest absolute Gasteiger partial charge is 0.354 e. The monoisotopic (exact) mass is 311 g/mol. The third kappa shape index (κ3) is 2.77. The Bertz CT molecular complexity index is 385. The van der Waals surface area contributed by atoms with Gasteiger partial charge in [0.25, 0.3) is 0 Å². The van der Waals surface area contributed by atoms with E-state index in [1.54, 1.807) is 0 Å². The number of hydrogen-bond acceptors (Lipinski definition) is 3. The summed E-state index contributed by atoms with van der Waals surface area (Å²) in [5.74, 6) is -0.415. The van der Waals surface area contributed by atoms with Crippen molar-refractivity contribution in [2.75, 3.05) is 18.1 Å². The first-order chi connectivity index (χ1) is 7.15. The topological polar surface area (TPSA) is 63.2 Å². The van der Waals surface area contributed by atoms with Gasteiger partial charge in [-0.05, 0) is 32.1 Å². The fraction of sp³-hybridized carbons (Fsp3) is 0.900. The maximum atomic E-state index is 11.8. The molecule has 1 fully saturated rings. The van der Waals surface area contributed by atoms with Gasteiger partial charge in [0.15, 0.2) is 9.84 Å². The Kier molecular flexibility index (Phi) is 3.75. The van der Waals surface area contributed by atoms with Gasteiger partial charge in [-0.2, -0.15) is 0 Å². The van der Waals surface area contributed by atoms with Crippen molar-refractivity contribution in [3.63, 3.8) is 0 Å². The van der Waals surface area contributed by atoms with Crippen LogP contribution in [-0.2, 0) is 14.6 Å². The van der Waals surface area contributed by atoms with E-state index >= 15 is 0 Å². The van der Waals surface area contributed by atoms with E-state index in [0.29, 0.717) is 6.54 Å². The second kappa shape index (κ2) is 4.29. The highest BCUT2D eigenvalue weighted by atomic mass is 79.9. The lowest BCUT2D eigenvalue weighted by Crippen LogP contribution is -2.49. The van der Waals surface area contributed by atoms with Crippen molar-refractivity contribution in [2.24, 2.45) is 5.41 Å². The lowest BCUT2D eigenvalue weighted by Gasteiger charge is -2.23. The molecule has 0 atom stereocenters. The fourth-order valence-electron chi connectivity index (χ4n) is 1.18. The van der Waals surface area contributed by atoms with Gasteiger partial charge in [-0.3, -0.25) is 4.79 Å². The molecule has 0 unspecified atom stereocenters. The van der Waals surface area contributed by atoms with E-state index < -0.39 is 20.5 Å². The van der Waals surface area contributed by atoms with Crippen molar-refractivity contribution in [3.8, 4) is 0 Å². The van der Waals surface area contributed by atoms with Crippen LogP contribution in [0.4, 0.5) is 0 Å². The molecule has 1 amide bonds. The minimum Gasteiger partial charge on any atom is -0.354 e. The predicted molar refractivity (Wildman–Crippen MR) is 67.4 cm³/mol. The van der Waals surface area contributed by atoms with Gasteiger partial charge in [0.05, 0.1) is 0 Å². The standard InChI is InChI=1S/C10H18BrNO3S/c1-9(2,16(3,14)15)8(13)12-7-10(6-11)4-5-10/h4-7H2,1-3H3,(H,12,13). The Morgan fingerprint density at radius 2 is 1.94 bits per heavy atom. The van der Waals surface area contributed by atoms with E-state index in [9.17, 15) is 13.2 Å². The molecule has 1 aliphatic carbocycles. The van der Waals surface area contributed by atoms with E-state index in [1.807, 2.05) is 0 Å². The van der Waals surface area contributed by atoms with Crippen LogP contribution >= 0.6 is 15.9 Å². The average molecular weight is 312 g/mol. The number of carbonyl (C=O) groups is 1. The molecular formula is C10H18BrNO3S. The van der Waals surface area contributed by atoms with Crippen LogP contribution in [0, 0.1) is 5.41 Å². The number of hydrogen-bond donors (Lipinski definition) is 1. The van der Waals surface area contributed by atoms with Crippen LogP contribution in [0.2, 0.25) is 0 Å². The van der Waals surface area contributed by atoms with Gasteiger partial charge in [-0.15, -0.1) is 0 Å². The Balaban J connectivity index is 2.59. The zero-order valence-corrected chi connectivity index (χ0v) is 12.2. The summed E-state index contributed by atoms with van der Waals surface area (Å²) in [6.45, 7) is 3.42. The van der Waals surface area contributed by atoms with Gasteiger partial charge in [-0.1, -0.05) is 15.9 Å². The lowest BCUT2D eigenvalue weighted by molar-refractivity contribution is -0.123. The lowest BCUT2D eigenvalue weighted by atomic mass is 10.1. The number of rotatable bonds is 5. The van der Waals surface area contributed by atoms with Gasteiger partial charge in [-0.25, -0.2) is 8.42 Å². The van der Waals surface area contributed by atoms with Gasteiger partial charge < -0.3 is 5.32 Å². The molecule has 0 bridgehead atoms. The van der Waals surface area contributed by atoms with E-state index in [-0.39, 0.29) is 5.41 Å². The summed E-state index contributed by atoms with van der Waals surface area (Å²) in [5, 5.41) is 3.58. The molecular weight excluding hydrogens is 294 g/mol. The van der Waals surface area contributed by atoms with Crippen molar-refractivity contribution in [3.05, 3.63) is 0 Å². The third-order valence-electron chi connectivity index (χ3n) is 3.34. The highest BCUT2D eigenvalue weighted by molar-refractivity contribution is 9.09. The minimum atomic E-state index is -3.38. The molecule has 6 heteroatoms. The Labute approximate surface area is 105 Å². The summed E-state index contributed by atoms with van der Waals surface area (Å²) in [4.78, 5) is 11.8. The highest BCUT2D eigenvalue weighted by Gasteiger charge is 2.44. The van der Waals surface area contributed by atoms with Crippen molar-refractivity contribution in [2.45, 2.75) is 31.4 Å². The van der Waals surface area contributed by atoms with Crippen molar-refractivity contribution in [1.82, 2.24) is 5.32 Å². The summed E-state index contributed by atoms with van der Waals surface area (Å²) in [6.07, 6.45) is 3.25. The molecule has 0 heterocycles. The number of alkyl halides is 1. The van der Waals surface area contributed by atoms with Crippen LogP contribution in [0.5, 0.6) is 0 Å². The normalized spacial score (nSPS) is 19.2. The van der Waals surface area contributed by atoms with Crippen molar-refractivity contribution in [1.29, 1.82) is 0 Å². The molecule has 1 aliphatic rings. The van der Waals surface area contributed by atoms with Gasteiger partial charge in [0.1, 0.15) is 4.75 Å². The molecule has 0 aromatic carbocycles. The maximum Gasteiger partial charge on any atom is 0.240 e. The molecule has 1 N–H and O–H groups in total. The Morgan fingerprint density at radius 3 is 2.25 bits per heavy atom. The second-order valence-corrected chi connectivity index (χ2v) is 8.22. The van der Waals surface area contributed by atoms with Crippen LogP contribution in [-0.4, -0.2) is 37.2 Å². The van der Waals surface area contributed by atoms with E-state index in [0.717, 1.165) is 24.4 Å². The van der Waals surface area contributed by atoms with Crippen molar-refractivity contribution < 1.29 is 13.2 Å². The predicted octanol–water partition coefficient (Wildman–Crippen LogP) is 1.10. The number of nitrogens with one attached hydrogen (secondary N) is 1. The van der Waals surface area contributed by atoms with E-state index in [1.165, 1.54) is 13.8 Å². The number of amides is 1. The molecule has 4 nitrogen and oxygen atoms in total. The molecule has 0 aromatic heterocycles. The smallest absolute Gasteiger partial charge is 0.240 e. The first kappa shape index (κ1) is 14.0. The molecule has 0 aromatic rings. The van der Waals surface area contributed by atoms with Crippen LogP contribution in [0.3, 0.4) is 0 Å². The molecule has 0 aliphatic heterocycles. The third-order valence-corrected chi connectivity index (χ3v) is 6.57. The SMILES string of the molecule is CC(C)(C(=O)NCC1(CBr)CC1)S(C)(=O)=O. The van der Waals surface area contributed by atoms with Crippen molar-refractivity contribution >= 4 is 31.7 Å². The summed E-state index contributed by atoms with van der Waals surface area (Å²) >= 11 is 3.40. The van der Waals surface area contributed by atoms with Gasteiger partial charge in [0.2, 0.25) is 5.91 Å². The fourth-order valence-corrected chi connectivity index (χ4v) is 2.35. The highest BCUT2D eigenvalue weighted by Crippen LogP contribution is 2.46. The first-order valence-electron chi connectivity index (χ1n) is 5.18. The molecule has 0 spiro atoms. The molecule has 94 valence electrons. The van der Waals surface area contributed by atoms with E-state index in [2.05, 4.69) is 21.2 Å². The number of halogens is 1. The molecule has 0 saturated heterocycles. The quantitative estimate of drug-likeness (QED) is 0.773. The maximum absolute atomic E-state index is 11.8. The molecule has 0 radical (unpaired) electrons. The first-order valence-corrected chi connectivity index (χ1v) is 8.20. The zero-order valence-electron chi connectivity index (χ0n) is 9.84. The zero-order chi connectivity index (χ0) is 12.6. The number of sulfone groups is 1. The minimum absolute atomic E-state index is 0.156. The molecule has 1 rings (SSSR count). The van der Waals surface area contributed by atoms with Crippen LogP contribution in [0.15, 0.2) is 0 Å². The Morgan fingerprint density at radius 1 is 1.44 bits per heavy atom. The van der Waals surface area contributed by atoms with Gasteiger partial charge >= 0.3 is 0 Å². The summed E-state index contributed by atoms with van der Waals surface area (Å²) in [6, 6.07) is 0. The van der Waals surface area contributed by atoms with Crippen LogP contribution in [0.1, 0.15) is 26.7 Å². The summed E-state index contributed by atoms with van der Waals surface area (Å²) in [7, 11) is -3.38. The van der Waals surface area contributed by atoms with Gasteiger partial charge in [0, 0.05) is 18.1 Å². The second-order valence-electron chi connectivity index (χ2n) is 5.10. The van der Waals surface area contributed by atoms with Crippen LogP contribution in [0.25, 0.3) is 0 Å². The average Bonchev–Trinajstić information content (AvgIpc) is 2.93. The molecule has 16 heavy (non-hydrogen) atoms. The Hall–Kier alpha value is -0.100.